The molecular weight excluding hydrogens is 484 g/mol. The molecule has 0 aliphatic heterocycles. The minimum Gasteiger partial charge on any atom is -0.325 e. The summed E-state index contributed by atoms with van der Waals surface area (Å²) in [7, 11) is -0.673. The lowest BCUT2D eigenvalue weighted by molar-refractivity contribution is -0.116. The predicted octanol–water partition coefficient (Wildman–Crippen LogP) is 3.67. The molecule has 1 amide bonds. The Balaban J connectivity index is 1.56. The van der Waals surface area contributed by atoms with E-state index in [-0.39, 0.29) is 17.0 Å². The van der Waals surface area contributed by atoms with Gasteiger partial charge in [0.25, 0.3) is 5.56 Å². The quantitative estimate of drug-likeness (QED) is 0.433. The van der Waals surface area contributed by atoms with Crippen LogP contribution in [0.5, 0.6) is 0 Å². The molecule has 8 nitrogen and oxygen atoms in total. The van der Waals surface area contributed by atoms with Crippen LogP contribution in [0.2, 0.25) is 5.02 Å². The summed E-state index contributed by atoms with van der Waals surface area (Å²) >= 11 is 7.32. The molecule has 11 heteroatoms. The van der Waals surface area contributed by atoms with Crippen molar-refractivity contribution in [2.75, 3.05) is 19.4 Å². The number of amides is 1. The van der Waals surface area contributed by atoms with Gasteiger partial charge < -0.3 is 5.32 Å². The summed E-state index contributed by atoms with van der Waals surface area (Å²) in [6.07, 6.45) is 1.35. The Morgan fingerprint density at radius 3 is 2.42 bits per heavy atom. The first-order valence-electron chi connectivity index (χ1n) is 9.72. The normalized spacial score (nSPS) is 11.8. The summed E-state index contributed by atoms with van der Waals surface area (Å²) in [6, 6.07) is 13.0. The third-order valence-corrected chi connectivity index (χ3v) is 7.91. The fourth-order valence-corrected chi connectivity index (χ4v) is 5.13. The van der Waals surface area contributed by atoms with Crippen molar-refractivity contribution < 1.29 is 13.2 Å². The van der Waals surface area contributed by atoms with E-state index >= 15 is 0 Å². The number of carbonyl (C=O) groups is 1. The molecule has 0 atom stereocenters. The molecular formula is C22H19ClN4O4S2. The van der Waals surface area contributed by atoms with Crippen LogP contribution in [0.15, 0.2) is 69.9 Å². The molecule has 0 saturated heterocycles. The second-order valence-corrected chi connectivity index (χ2v) is 10.8. The highest BCUT2D eigenvalue weighted by Crippen LogP contribution is 2.31. The van der Waals surface area contributed by atoms with E-state index in [0.717, 1.165) is 15.4 Å². The first-order chi connectivity index (χ1) is 15.7. The highest BCUT2D eigenvalue weighted by molar-refractivity contribution is 7.89. The van der Waals surface area contributed by atoms with Crippen LogP contribution in [0.3, 0.4) is 0 Å². The molecule has 0 bridgehead atoms. The van der Waals surface area contributed by atoms with Crippen LogP contribution in [-0.4, -0.2) is 42.3 Å². The number of rotatable bonds is 6. The molecule has 4 aromatic rings. The number of anilines is 1. The lowest BCUT2D eigenvalue weighted by Crippen LogP contribution is -2.27. The van der Waals surface area contributed by atoms with Gasteiger partial charge in [-0.3, -0.25) is 14.2 Å². The average molecular weight is 503 g/mol. The number of fused-ring (bicyclic) bond motifs is 1. The van der Waals surface area contributed by atoms with Gasteiger partial charge in [0, 0.05) is 35.7 Å². The number of hydrogen-bond acceptors (Lipinski definition) is 6. The smallest absolute Gasteiger partial charge is 0.263 e. The highest BCUT2D eigenvalue weighted by atomic mass is 35.5. The topological polar surface area (TPSA) is 101 Å². The maximum absolute atomic E-state index is 13.1. The number of nitrogens with one attached hydrogen (secondary N) is 1. The Morgan fingerprint density at radius 1 is 1.12 bits per heavy atom. The lowest BCUT2D eigenvalue weighted by atomic mass is 10.1. The lowest BCUT2D eigenvalue weighted by Gasteiger charge is -2.12. The van der Waals surface area contributed by atoms with Gasteiger partial charge in [-0.05, 0) is 42.0 Å². The molecule has 170 valence electrons. The van der Waals surface area contributed by atoms with Crippen molar-refractivity contribution in [2.45, 2.75) is 11.4 Å². The van der Waals surface area contributed by atoms with E-state index in [4.69, 9.17) is 11.6 Å². The van der Waals surface area contributed by atoms with E-state index in [1.165, 1.54) is 60.6 Å². The van der Waals surface area contributed by atoms with Crippen molar-refractivity contribution in [3.05, 3.63) is 75.6 Å². The number of halogens is 1. The highest BCUT2D eigenvalue weighted by Gasteiger charge is 2.17. The van der Waals surface area contributed by atoms with Gasteiger partial charge in [-0.15, -0.1) is 11.3 Å². The number of aromatic nitrogens is 2. The number of nitrogens with zero attached hydrogens (tertiary/aromatic N) is 3. The third kappa shape index (κ3) is 4.69. The number of benzene rings is 2. The van der Waals surface area contributed by atoms with E-state index in [1.54, 1.807) is 12.1 Å². The van der Waals surface area contributed by atoms with Crippen LogP contribution < -0.4 is 10.9 Å². The average Bonchev–Trinajstić information content (AvgIpc) is 3.21. The molecule has 0 aliphatic carbocycles. The van der Waals surface area contributed by atoms with Crippen LogP contribution in [-0.2, 0) is 21.4 Å². The van der Waals surface area contributed by atoms with Gasteiger partial charge in [-0.25, -0.2) is 17.7 Å². The third-order valence-electron chi connectivity index (χ3n) is 4.95. The minimum absolute atomic E-state index is 0.114. The first-order valence-corrected chi connectivity index (χ1v) is 12.4. The fraction of sp³-hybridized carbons (Fsp3) is 0.136. The largest absolute Gasteiger partial charge is 0.325 e. The maximum Gasteiger partial charge on any atom is 0.263 e. The van der Waals surface area contributed by atoms with Crippen molar-refractivity contribution in [1.82, 2.24) is 13.9 Å². The summed E-state index contributed by atoms with van der Waals surface area (Å²) in [5.74, 6) is -0.440. The molecule has 0 fully saturated rings. The van der Waals surface area contributed by atoms with Crippen molar-refractivity contribution in [3.8, 4) is 11.1 Å². The molecule has 2 aromatic carbocycles. The van der Waals surface area contributed by atoms with Gasteiger partial charge >= 0.3 is 0 Å². The molecule has 0 radical (unpaired) electrons. The van der Waals surface area contributed by atoms with Gasteiger partial charge in [0.05, 0.1) is 16.6 Å². The zero-order valence-electron chi connectivity index (χ0n) is 17.6. The van der Waals surface area contributed by atoms with Crippen LogP contribution >= 0.6 is 22.9 Å². The van der Waals surface area contributed by atoms with Crippen LogP contribution in [0, 0.1) is 0 Å². The Morgan fingerprint density at radius 2 is 1.79 bits per heavy atom. The second-order valence-electron chi connectivity index (χ2n) is 7.37. The summed E-state index contributed by atoms with van der Waals surface area (Å²) in [5.41, 5.74) is 1.65. The monoisotopic (exact) mass is 502 g/mol. The fourth-order valence-electron chi connectivity index (χ4n) is 3.20. The van der Waals surface area contributed by atoms with Gasteiger partial charge in [0.15, 0.2) is 0 Å². The molecule has 2 aromatic heterocycles. The van der Waals surface area contributed by atoms with Crippen molar-refractivity contribution >= 4 is 54.8 Å². The number of thiophene rings is 1. The molecule has 0 unspecified atom stereocenters. The summed E-state index contributed by atoms with van der Waals surface area (Å²) in [6.45, 7) is -0.241. The zero-order valence-corrected chi connectivity index (χ0v) is 20.0. The predicted molar refractivity (Wildman–Crippen MR) is 130 cm³/mol. The zero-order chi connectivity index (χ0) is 23.8. The Hall–Kier alpha value is -3.05. The molecule has 4 rings (SSSR count). The maximum atomic E-state index is 13.1. The van der Waals surface area contributed by atoms with Crippen molar-refractivity contribution in [2.24, 2.45) is 0 Å². The van der Waals surface area contributed by atoms with Gasteiger partial charge in [-0.1, -0.05) is 23.7 Å². The van der Waals surface area contributed by atoms with E-state index in [9.17, 15) is 18.0 Å². The Labute approximate surface area is 199 Å². The summed E-state index contributed by atoms with van der Waals surface area (Å²) in [4.78, 5) is 30.7. The standard InChI is InChI=1S/C22H19ClN4O4S2/c1-26(2)33(30,31)17-9-7-16(8-10-17)25-19(28)11-27-13-24-21-20(22(27)29)18(12-32-21)14-3-5-15(23)6-4-14/h3-10,12-13H,11H2,1-2H3,(H,25,28). The second kappa shape index (κ2) is 9.06. The molecule has 2 heterocycles. The number of sulfonamides is 1. The van der Waals surface area contributed by atoms with Gasteiger partial charge in [0.2, 0.25) is 15.9 Å². The van der Waals surface area contributed by atoms with Gasteiger partial charge in [0.1, 0.15) is 11.4 Å². The number of hydrogen-bond donors (Lipinski definition) is 1. The molecule has 0 saturated carbocycles. The minimum atomic E-state index is -3.56. The Kier molecular flexibility index (Phi) is 6.35. The van der Waals surface area contributed by atoms with Crippen LogP contribution in [0.25, 0.3) is 21.3 Å². The van der Waals surface area contributed by atoms with Gasteiger partial charge in [-0.2, -0.15) is 0 Å². The van der Waals surface area contributed by atoms with Crippen molar-refractivity contribution in [3.63, 3.8) is 0 Å². The van der Waals surface area contributed by atoms with Crippen LogP contribution in [0.1, 0.15) is 0 Å². The molecule has 0 spiro atoms. The number of carbonyl (C=O) groups excluding carboxylic acids is 1. The van der Waals surface area contributed by atoms with E-state index in [2.05, 4.69) is 10.3 Å². The molecule has 1 N–H and O–H groups in total. The molecule has 33 heavy (non-hydrogen) atoms. The first kappa shape index (κ1) is 23.1. The summed E-state index contributed by atoms with van der Waals surface area (Å²) in [5, 5.41) is 5.57. The van der Waals surface area contributed by atoms with Crippen LogP contribution in [0.4, 0.5) is 5.69 Å². The van der Waals surface area contributed by atoms with E-state index in [0.29, 0.717) is 20.9 Å². The SMILES string of the molecule is CN(C)S(=O)(=O)c1ccc(NC(=O)Cn2cnc3scc(-c4ccc(Cl)cc4)c3c2=O)cc1. The van der Waals surface area contributed by atoms with E-state index < -0.39 is 15.9 Å². The summed E-state index contributed by atoms with van der Waals surface area (Å²) < 4.78 is 26.7. The molecule has 0 aliphatic rings. The van der Waals surface area contributed by atoms with E-state index in [1.807, 2.05) is 17.5 Å². The van der Waals surface area contributed by atoms with Crippen molar-refractivity contribution in [1.29, 1.82) is 0 Å². The Bertz CT molecular complexity index is 1490.